The van der Waals surface area contributed by atoms with Gasteiger partial charge in [0.1, 0.15) is 0 Å². The lowest BCUT2D eigenvalue weighted by molar-refractivity contribution is 0.255. The zero-order valence-corrected chi connectivity index (χ0v) is 13.4. The smallest absolute Gasteiger partial charge is 0.0991 e. The van der Waals surface area contributed by atoms with E-state index in [-0.39, 0.29) is 6.61 Å². The van der Waals surface area contributed by atoms with Crippen molar-refractivity contribution in [3.05, 3.63) is 0 Å². The highest BCUT2D eigenvalue weighted by Crippen LogP contribution is 2.13. The summed E-state index contributed by atoms with van der Waals surface area (Å²) in [5.74, 6) is 1.23. The van der Waals surface area contributed by atoms with E-state index in [0.29, 0.717) is 0 Å². The molecule has 1 rings (SSSR count). The average Bonchev–Trinajstić information content (AvgIpc) is 2.89. The molecule has 0 bridgehead atoms. The van der Waals surface area contributed by atoms with Crippen molar-refractivity contribution in [2.24, 2.45) is 4.99 Å². The number of aliphatic imine (C=N–C) groups is 1. The van der Waals surface area contributed by atoms with Crippen molar-refractivity contribution < 1.29 is 5.11 Å². The second-order valence-electron chi connectivity index (χ2n) is 5.94. The molecule has 0 radical (unpaired) electrons. The topological polar surface area (TPSA) is 35.8 Å². The zero-order valence-electron chi connectivity index (χ0n) is 13.4. The van der Waals surface area contributed by atoms with E-state index in [1.165, 1.54) is 70.0 Å². The van der Waals surface area contributed by atoms with Crippen molar-refractivity contribution in [3.8, 4) is 0 Å². The van der Waals surface area contributed by atoms with Crippen LogP contribution in [-0.2, 0) is 0 Å². The highest BCUT2D eigenvalue weighted by Gasteiger charge is 2.14. The lowest BCUT2D eigenvalue weighted by atomic mass is 10.1. The molecule has 1 aliphatic rings. The SMILES string of the molecule is CCCCCCCCCCCCC1=NCCN1CCO. The highest BCUT2D eigenvalue weighted by molar-refractivity contribution is 5.83. The molecule has 118 valence electrons. The van der Waals surface area contributed by atoms with Gasteiger partial charge in [-0.15, -0.1) is 0 Å². The van der Waals surface area contributed by atoms with Crippen LogP contribution in [0.2, 0.25) is 0 Å². The summed E-state index contributed by atoms with van der Waals surface area (Å²) in [6.07, 6.45) is 14.9. The Morgan fingerprint density at radius 3 is 2.15 bits per heavy atom. The first-order valence-corrected chi connectivity index (χ1v) is 8.77. The van der Waals surface area contributed by atoms with Crippen LogP contribution >= 0.6 is 0 Å². The van der Waals surface area contributed by atoms with Crippen LogP contribution < -0.4 is 0 Å². The van der Waals surface area contributed by atoms with Gasteiger partial charge in [0.2, 0.25) is 0 Å². The summed E-state index contributed by atoms with van der Waals surface area (Å²) in [4.78, 5) is 6.79. The van der Waals surface area contributed by atoms with Gasteiger partial charge >= 0.3 is 0 Å². The zero-order chi connectivity index (χ0) is 14.5. The molecule has 0 saturated heterocycles. The van der Waals surface area contributed by atoms with Gasteiger partial charge in [0.25, 0.3) is 0 Å². The lowest BCUT2D eigenvalue weighted by Crippen LogP contribution is -2.30. The molecular formula is C17H34N2O. The molecule has 1 N–H and O–H groups in total. The molecule has 3 heteroatoms. The van der Waals surface area contributed by atoms with Crippen LogP contribution in [0, 0.1) is 0 Å². The van der Waals surface area contributed by atoms with Crippen molar-refractivity contribution in [2.75, 3.05) is 26.2 Å². The quantitative estimate of drug-likeness (QED) is 0.518. The van der Waals surface area contributed by atoms with Crippen LogP contribution in [0.1, 0.15) is 77.6 Å². The Labute approximate surface area is 125 Å². The number of nitrogens with zero attached hydrogens (tertiary/aromatic N) is 2. The minimum Gasteiger partial charge on any atom is -0.395 e. The first kappa shape index (κ1) is 17.5. The maximum atomic E-state index is 8.99. The molecule has 3 nitrogen and oxygen atoms in total. The maximum absolute atomic E-state index is 8.99. The molecule has 1 aliphatic heterocycles. The molecule has 1 heterocycles. The summed E-state index contributed by atoms with van der Waals surface area (Å²) in [6.45, 7) is 5.21. The van der Waals surface area contributed by atoms with Gasteiger partial charge in [0.15, 0.2) is 0 Å². The van der Waals surface area contributed by atoms with Crippen LogP contribution in [0.4, 0.5) is 0 Å². The molecule has 0 saturated carbocycles. The van der Waals surface area contributed by atoms with Crippen LogP contribution in [0.25, 0.3) is 0 Å². The van der Waals surface area contributed by atoms with Gasteiger partial charge < -0.3 is 10.0 Å². The molecule has 0 amide bonds. The van der Waals surface area contributed by atoms with Crippen molar-refractivity contribution in [1.29, 1.82) is 0 Å². The van der Waals surface area contributed by atoms with Gasteiger partial charge in [-0.3, -0.25) is 4.99 Å². The van der Waals surface area contributed by atoms with E-state index in [0.717, 1.165) is 26.1 Å². The Morgan fingerprint density at radius 1 is 0.950 bits per heavy atom. The average molecular weight is 282 g/mol. The monoisotopic (exact) mass is 282 g/mol. The van der Waals surface area contributed by atoms with Crippen LogP contribution in [0.15, 0.2) is 4.99 Å². The Morgan fingerprint density at radius 2 is 1.55 bits per heavy atom. The molecule has 0 aromatic rings. The summed E-state index contributed by atoms with van der Waals surface area (Å²) in [7, 11) is 0. The van der Waals surface area contributed by atoms with Crippen molar-refractivity contribution in [1.82, 2.24) is 4.90 Å². The molecule has 0 unspecified atom stereocenters. The number of aliphatic hydroxyl groups excluding tert-OH is 1. The van der Waals surface area contributed by atoms with E-state index >= 15 is 0 Å². The second kappa shape index (κ2) is 12.2. The molecule has 0 atom stereocenters. The van der Waals surface area contributed by atoms with E-state index in [9.17, 15) is 0 Å². The Balaban J connectivity index is 1.87. The number of hydrogen-bond acceptors (Lipinski definition) is 3. The van der Waals surface area contributed by atoms with Gasteiger partial charge in [-0.2, -0.15) is 0 Å². The van der Waals surface area contributed by atoms with Crippen LogP contribution in [-0.4, -0.2) is 42.1 Å². The number of unbranched alkanes of at least 4 members (excludes halogenated alkanes) is 9. The fourth-order valence-electron chi connectivity index (χ4n) is 2.90. The van der Waals surface area contributed by atoms with Crippen molar-refractivity contribution in [2.45, 2.75) is 77.6 Å². The molecule has 0 aromatic carbocycles. The van der Waals surface area contributed by atoms with Gasteiger partial charge in [-0.25, -0.2) is 0 Å². The van der Waals surface area contributed by atoms with Gasteiger partial charge in [0, 0.05) is 19.5 Å². The predicted molar refractivity (Wildman–Crippen MR) is 87.4 cm³/mol. The highest BCUT2D eigenvalue weighted by atomic mass is 16.3. The largest absolute Gasteiger partial charge is 0.395 e. The van der Waals surface area contributed by atoms with E-state index < -0.39 is 0 Å². The Bertz CT molecular complexity index is 253. The maximum Gasteiger partial charge on any atom is 0.0991 e. The van der Waals surface area contributed by atoms with E-state index in [1.54, 1.807) is 0 Å². The molecule has 20 heavy (non-hydrogen) atoms. The number of amidine groups is 1. The molecule has 0 aliphatic carbocycles. The number of β-amino-alcohol motifs (C(OH)–C–C–N with tert-alkyl or cyclic N) is 1. The summed E-state index contributed by atoms with van der Waals surface area (Å²) < 4.78 is 0. The summed E-state index contributed by atoms with van der Waals surface area (Å²) in [6, 6.07) is 0. The minimum absolute atomic E-state index is 0.247. The Hall–Kier alpha value is -0.570. The second-order valence-corrected chi connectivity index (χ2v) is 5.94. The predicted octanol–water partition coefficient (Wildman–Crippen LogP) is 4.00. The van der Waals surface area contributed by atoms with Crippen LogP contribution in [0.3, 0.4) is 0 Å². The van der Waals surface area contributed by atoms with Crippen molar-refractivity contribution in [3.63, 3.8) is 0 Å². The van der Waals surface area contributed by atoms with Gasteiger partial charge in [0.05, 0.1) is 19.0 Å². The molecule has 0 fully saturated rings. The van der Waals surface area contributed by atoms with E-state index in [1.807, 2.05) is 0 Å². The lowest BCUT2D eigenvalue weighted by Gasteiger charge is -2.18. The fraction of sp³-hybridized carbons (Fsp3) is 0.941. The fourth-order valence-corrected chi connectivity index (χ4v) is 2.90. The summed E-state index contributed by atoms with van der Waals surface area (Å²) in [5.41, 5.74) is 0. The van der Waals surface area contributed by atoms with Crippen LogP contribution in [0.5, 0.6) is 0 Å². The Kier molecular flexibility index (Phi) is 10.7. The van der Waals surface area contributed by atoms with Crippen molar-refractivity contribution >= 4 is 5.84 Å². The van der Waals surface area contributed by atoms with E-state index in [2.05, 4.69) is 16.8 Å². The normalized spacial score (nSPS) is 14.9. The van der Waals surface area contributed by atoms with E-state index in [4.69, 9.17) is 5.11 Å². The minimum atomic E-state index is 0.247. The van der Waals surface area contributed by atoms with Gasteiger partial charge in [-0.05, 0) is 6.42 Å². The third kappa shape index (κ3) is 7.88. The number of rotatable bonds is 13. The van der Waals surface area contributed by atoms with Gasteiger partial charge in [-0.1, -0.05) is 64.7 Å². The first-order valence-electron chi connectivity index (χ1n) is 8.77. The number of hydrogen-bond donors (Lipinski definition) is 1. The summed E-state index contributed by atoms with van der Waals surface area (Å²) in [5, 5.41) is 8.99. The molecule has 0 aromatic heterocycles. The first-order chi connectivity index (χ1) is 9.88. The molecule has 0 spiro atoms. The third-order valence-corrected chi connectivity index (χ3v) is 4.15. The molecular weight excluding hydrogens is 248 g/mol. The number of aliphatic hydroxyl groups is 1. The standard InChI is InChI=1S/C17H34N2O/c1-2-3-4-5-6-7-8-9-10-11-12-17-18-13-14-19(17)15-16-20/h20H,2-16H2,1H3. The summed E-state index contributed by atoms with van der Waals surface area (Å²) >= 11 is 0. The third-order valence-electron chi connectivity index (χ3n) is 4.15.